The maximum absolute atomic E-state index is 12.2. The van der Waals surface area contributed by atoms with Crippen molar-refractivity contribution in [1.29, 1.82) is 0 Å². The lowest BCUT2D eigenvalue weighted by Crippen LogP contribution is -2.31. The summed E-state index contributed by atoms with van der Waals surface area (Å²) in [6.45, 7) is 1.74. The van der Waals surface area contributed by atoms with Crippen molar-refractivity contribution >= 4 is 40.7 Å². The zero-order valence-electron chi connectivity index (χ0n) is 16.6. The van der Waals surface area contributed by atoms with Gasteiger partial charge in [-0.25, -0.2) is 4.79 Å². The van der Waals surface area contributed by atoms with Crippen LogP contribution in [0, 0.1) is 5.92 Å². The quantitative estimate of drug-likeness (QED) is 0.558. The molecule has 1 fully saturated rings. The summed E-state index contributed by atoms with van der Waals surface area (Å²) in [6.07, 6.45) is 3.28. The summed E-state index contributed by atoms with van der Waals surface area (Å²) in [5, 5.41) is 0. The summed E-state index contributed by atoms with van der Waals surface area (Å²) in [5.74, 6) is 0.0493. The van der Waals surface area contributed by atoms with Crippen LogP contribution in [-0.4, -0.2) is 42.1 Å². The predicted octanol–water partition coefficient (Wildman–Crippen LogP) is 5.58. The van der Waals surface area contributed by atoms with Gasteiger partial charge in [-0.1, -0.05) is 36.4 Å². The molecule has 2 aromatic rings. The van der Waals surface area contributed by atoms with Crippen LogP contribution in [0.25, 0.3) is 0 Å². The van der Waals surface area contributed by atoms with Crippen molar-refractivity contribution in [2.45, 2.75) is 30.0 Å². The van der Waals surface area contributed by atoms with Gasteiger partial charge in [0.05, 0.1) is 6.61 Å². The number of carbonyl (C=O) groups excluding carboxylic acids is 1. The number of rotatable bonds is 6. The highest BCUT2D eigenvalue weighted by Gasteiger charge is 2.52. The minimum atomic E-state index is -0.716. The van der Waals surface area contributed by atoms with Gasteiger partial charge in [-0.05, 0) is 48.9 Å². The predicted molar refractivity (Wildman–Crippen MR) is 118 cm³/mol. The van der Waals surface area contributed by atoms with E-state index in [0.29, 0.717) is 13.0 Å². The Morgan fingerprint density at radius 1 is 1.10 bits per heavy atom. The van der Waals surface area contributed by atoms with Crippen LogP contribution in [0.3, 0.4) is 0 Å². The third-order valence-corrected chi connectivity index (χ3v) is 6.70. The molecule has 1 aliphatic carbocycles. The van der Waals surface area contributed by atoms with E-state index in [2.05, 4.69) is 53.4 Å². The Labute approximate surface area is 182 Å². The van der Waals surface area contributed by atoms with E-state index in [1.807, 2.05) is 0 Å². The fourth-order valence-corrected chi connectivity index (χ4v) is 4.40. The van der Waals surface area contributed by atoms with Gasteiger partial charge in [0.1, 0.15) is 4.33 Å². The lowest BCUT2D eigenvalue weighted by atomic mass is 10.0. The van der Waals surface area contributed by atoms with Crippen LogP contribution in [0.15, 0.2) is 48.5 Å². The Kier molecular flexibility index (Phi) is 5.93. The molecule has 0 aromatic heterocycles. The third kappa shape index (κ3) is 4.65. The molecule has 0 N–H and O–H groups in total. The standard InChI is InChI=1S/C23H26Cl2N2O2/c1-26(22(28)29-16-19-15-23(19,24)25)13-6-14-27-20-9-4-2-7-17(20)11-12-18-8-3-5-10-21(18)27/h2-5,7-10,19H,6,11-16H2,1H3. The lowest BCUT2D eigenvalue weighted by molar-refractivity contribution is 0.106. The van der Waals surface area contributed by atoms with Crippen LogP contribution in [0.1, 0.15) is 24.0 Å². The average Bonchev–Trinajstić information content (AvgIpc) is 3.38. The molecule has 1 amide bonds. The number of carbonyl (C=O) groups is 1. The number of hydrogen-bond donors (Lipinski definition) is 0. The van der Waals surface area contributed by atoms with E-state index in [-0.39, 0.29) is 18.6 Å². The molecular weight excluding hydrogens is 407 g/mol. The fourth-order valence-electron chi connectivity index (χ4n) is 3.90. The molecule has 1 heterocycles. The first-order valence-corrected chi connectivity index (χ1v) is 10.9. The zero-order chi connectivity index (χ0) is 20.4. The Hall–Kier alpha value is -1.91. The largest absolute Gasteiger partial charge is 0.449 e. The average molecular weight is 433 g/mol. The molecule has 1 unspecified atom stereocenters. The van der Waals surface area contributed by atoms with E-state index in [4.69, 9.17) is 27.9 Å². The van der Waals surface area contributed by atoms with E-state index in [1.54, 1.807) is 11.9 Å². The van der Waals surface area contributed by atoms with Gasteiger partial charge in [-0.2, -0.15) is 0 Å². The van der Waals surface area contributed by atoms with Gasteiger partial charge >= 0.3 is 6.09 Å². The lowest BCUT2D eigenvalue weighted by Gasteiger charge is -2.28. The fraction of sp³-hybridized carbons (Fsp3) is 0.435. The van der Waals surface area contributed by atoms with E-state index in [0.717, 1.165) is 25.8 Å². The van der Waals surface area contributed by atoms with Gasteiger partial charge in [0.15, 0.2) is 0 Å². The van der Waals surface area contributed by atoms with E-state index in [9.17, 15) is 4.79 Å². The van der Waals surface area contributed by atoms with Gasteiger partial charge in [-0.3, -0.25) is 0 Å². The number of aryl methyl sites for hydroxylation is 2. The number of nitrogens with zero attached hydrogens (tertiary/aromatic N) is 2. The third-order valence-electron chi connectivity index (χ3n) is 5.78. The number of benzene rings is 2. The van der Waals surface area contributed by atoms with Crippen molar-refractivity contribution < 1.29 is 9.53 Å². The highest BCUT2D eigenvalue weighted by atomic mass is 35.5. The Morgan fingerprint density at radius 3 is 2.21 bits per heavy atom. The van der Waals surface area contributed by atoms with Crippen molar-refractivity contribution in [3.63, 3.8) is 0 Å². The molecule has 0 radical (unpaired) electrons. The Bertz CT molecular complexity index is 839. The molecule has 154 valence electrons. The van der Waals surface area contributed by atoms with Crippen molar-refractivity contribution in [2.24, 2.45) is 5.92 Å². The number of hydrogen-bond acceptors (Lipinski definition) is 3. The molecule has 4 nitrogen and oxygen atoms in total. The molecule has 2 aromatic carbocycles. The first-order chi connectivity index (χ1) is 14.0. The molecule has 1 saturated carbocycles. The summed E-state index contributed by atoms with van der Waals surface area (Å²) in [4.78, 5) is 16.2. The van der Waals surface area contributed by atoms with Crippen molar-refractivity contribution in [3.8, 4) is 0 Å². The minimum Gasteiger partial charge on any atom is -0.449 e. The molecule has 4 rings (SSSR count). The normalized spacial score (nSPS) is 19.0. The number of alkyl halides is 2. The second kappa shape index (κ2) is 8.45. The summed E-state index contributed by atoms with van der Waals surface area (Å²) < 4.78 is 4.63. The van der Waals surface area contributed by atoms with Crippen molar-refractivity contribution in [1.82, 2.24) is 4.90 Å². The number of fused-ring (bicyclic) bond motifs is 2. The van der Waals surface area contributed by atoms with Crippen LogP contribution in [0.4, 0.5) is 16.2 Å². The van der Waals surface area contributed by atoms with Gasteiger partial charge < -0.3 is 14.5 Å². The molecule has 2 aliphatic rings. The molecule has 1 atom stereocenters. The summed E-state index contributed by atoms with van der Waals surface area (Å²) >= 11 is 12.0. The van der Waals surface area contributed by atoms with E-state index < -0.39 is 4.33 Å². The van der Waals surface area contributed by atoms with Crippen molar-refractivity contribution in [2.75, 3.05) is 31.6 Å². The topological polar surface area (TPSA) is 32.8 Å². The van der Waals surface area contributed by atoms with E-state index >= 15 is 0 Å². The zero-order valence-corrected chi connectivity index (χ0v) is 18.1. The maximum atomic E-state index is 12.2. The highest BCUT2D eigenvalue weighted by molar-refractivity contribution is 6.50. The Morgan fingerprint density at radius 2 is 1.66 bits per heavy atom. The first-order valence-electron chi connectivity index (χ1n) is 10.1. The SMILES string of the molecule is CN(CCCN1c2ccccc2CCc2ccccc21)C(=O)OCC1CC1(Cl)Cl. The molecule has 0 bridgehead atoms. The summed E-state index contributed by atoms with van der Waals surface area (Å²) in [7, 11) is 1.77. The second-order valence-electron chi connectivity index (χ2n) is 7.92. The Balaban J connectivity index is 1.37. The van der Waals surface area contributed by atoms with Gasteiger partial charge in [-0.15, -0.1) is 23.2 Å². The van der Waals surface area contributed by atoms with Gasteiger partial charge in [0, 0.05) is 37.4 Å². The molecule has 0 spiro atoms. The van der Waals surface area contributed by atoms with Gasteiger partial charge in [0.2, 0.25) is 0 Å². The number of ether oxygens (including phenoxy) is 1. The van der Waals surface area contributed by atoms with Crippen LogP contribution in [0.5, 0.6) is 0 Å². The number of halogens is 2. The van der Waals surface area contributed by atoms with E-state index in [1.165, 1.54) is 22.5 Å². The molecule has 29 heavy (non-hydrogen) atoms. The minimum absolute atomic E-state index is 0.0493. The molecule has 1 aliphatic heterocycles. The van der Waals surface area contributed by atoms with Crippen LogP contribution in [-0.2, 0) is 17.6 Å². The van der Waals surface area contributed by atoms with Crippen LogP contribution < -0.4 is 4.90 Å². The number of amides is 1. The summed E-state index contributed by atoms with van der Waals surface area (Å²) in [5.41, 5.74) is 5.26. The van der Waals surface area contributed by atoms with Crippen LogP contribution >= 0.6 is 23.2 Å². The van der Waals surface area contributed by atoms with Crippen LogP contribution in [0.2, 0.25) is 0 Å². The highest BCUT2D eigenvalue weighted by Crippen LogP contribution is 2.53. The van der Waals surface area contributed by atoms with Crippen molar-refractivity contribution in [3.05, 3.63) is 59.7 Å². The molecule has 6 heteroatoms. The second-order valence-corrected chi connectivity index (χ2v) is 9.47. The number of anilines is 2. The molecular formula is C23H26Cl2N2O2. The summed E-state index contributed by atoms with van der Waals surface area (Å²) in [6, 6.07) is 17.2. The smallest absolute Gasteiger partial charge is 0.409 e. The monoisotopic (exact) mass is 432 g/mol. The molecule has 0 saturated heterocycles. The first kappa shape index (κ1) is 20.4. The van der Waals surface area contributed by atoms with Gasteiger partial charge in [0.25, 0.3) is 0 Å². The maximum Gasteiger partial charge on any atom is 0.409 e. The number of para-hydroxylation sites is 2.